The van der Waals surface area contributed by atoms with Gasteiger partial charge in [-0.2, -0.15) is 0 Å². The lowest BCUT2D eigenvalue weighted by molar-refractivity contribution is 0.190. The molecule has 2 atom stereocenters. The number of methoxy groups -OCH3 is 1. The Labute approximate surface area is 175 Å². The second-order valence-electron chi connectivity index (χ2n) is 6.97. The van der Waals surface area contributed by atoms with Gasteiger partial charge in [0, 0.05) is 17.1 Å². The Balaban J connectivity index is 2.08. The standard InChI is InChI=1S/C23H26N2O5/c1-5-30-22-19-8-6-7-18(17(19)11-12-24-22)20(26)15-9-10-16(14(3)25-23(27)28)21(29-4)13(15)2/h6-12,14,20,25-26H,5H2,1-4H3,(H,27,28). The van der Waals surface area contributed by atoms with Gasteiger partial charge in [-0.3, -0.25) is 0 Å². The van der Waals surface area contributed by atoms with Crippen LogP contribution in [0, 0.1) is 6.92 Å². The van der Waals surface area contributed by atoms with E-state index in [1.165, 1.54) is 7.11 Å². The molecule has 3 rings (SSSR count). The molecule has 0 aliphatic heterocycles. The maximum absolute atomic E-state index is 11.3. The number of hydrogen-bond donors (Lipinski definition) is 3. The highest BCUT2D eigenvalue weighted by Gasteiger charge is 2.22. The second kappa shape index (κ2) is 9.00. The summed E-state index contributed by atoms with van der Waals surface area (Å²) in [7, 11) is 1.54. The highest BCUT2D eigenvalue weighted by atomic mass is 16.5. The zero-order valence-corrected chi connectivity index (χ0v) is 17.5. The van der Waals surface area contributed by atoms with Crippen molar-refractivity contribution < 1.29 is 24.5 Å². The van der Waals surface area contributed by atoms with E-state index in [-0.39, 0.29) is 0 Å². The molecule has 7 heteroatoms. The number of hydrogen-bond acceptors (Lipinski definition) is 5. The van der Waals surface area contributed by atoms with E-state index in [1.54, 1.807) is 25.3 Å². The fraction of sp³-hybridized carbons (Fsp3) is 0.304. The van der Waals surface area contributed by atoms with Crippen LogP contribution in [0.3, 0.4) is 0 Å². The number of rotatable bonds is 7. The SMILES string of the molecule is CCOc1nccc2c(C(O)c3ccc(C(C)NC(=O)O)c(OC)c3C)cccc12. The van der Waals surface area contributed by atoms with E-state index in [9.17, 15) is 9.90 Å². The van der Waals surface area contributed by atoms with Crippen molar-refractivity contribution in [1.82, 2.24) is 10.3 Å². The minimum absolute atomic E-state index is 0.459. The summed E-state index contributed by atoms with van der Waals surface area (Å²) in [5.41, 5.74) is 2.86. The maximum Gasteiger partial charge on any atom is 0.405 e. The molecule has 7 nitrogen and oxygen atoms in total. The van der Waals surface area contributed by atoms with Gasteiger partial charge in [0.1, 0.15) is 11.9 Å². The lowest BCUT2D eigenvalue weighted by Gasteiger charge is -2.22. The first-order valence-corrected chi connectivity index (χ1v) is 9.74. The monoisotopic (exact) mass is 410 g/mol. The first-order valence-electron chi connectivity index (χ1n) is 9.74. The van der Waals surface area contributed by atoms with Crippen molar-refractivity contribution in [3.8, 4) is 11.6 Å². The van der Waals surface area contributed by atoms with E-state index in [0.717, 1.165) is 21.9 Å². The van der Waals surface area contributed by atoms with Crippen LogP contribution in [0.15, 0.2) is 42.6 Å². The molecule has 0 spiro atoms. The van der Waals surface area contributed by atoms with E-state index in [4.69, 9.17) is 14.6 Å². The smallest absolute Gasteiger partial charge is 0.405 e. The summed E-state index contributed by atoms with van der Waals surface area (Å²) < 4.78 is 11.2. The van der Waals surface area contributed by atoms with Crippen LogP contribution in [0.2, 0.25) is 0 Å². The number of nitrogens with one attached hydrogen (secondary N) is 1. The van der Waals surface area contributed by atoms with Gasteiger partial charge in [-0.25, -0.2) is 9.78 Å². The minimum atomic E-state index is -1.11. The lowest BCUT2D eigenvalue weighted by Crippen LogP contribution is -2.25. The number of benzene rings is 2. The predicted octanol–water partition coefficient (Wildman–Crippen LogP) is 4.36. The number of carboxylic acid groups (broad SMARTS) is 1. The Bertz CT molecular complexity index is 1070. The van der Waals surface area contributed by atoms with Crippen LogP contribution in [0.1, 0.15) is 48.2 Å². The predicted molar refractivity (Wildman–Crippen MR) is 114 cm³/mol. The van der Waals surface area contributed by atoms with E-state index < -0.39 is 18.2 Å². The minimum Gasteiger partial charge on any atom is -0.496 e. The molecule has 0 saturated carbocycles. The van der Waals surface area contributed by atoms with E-state index >= 15 is 0 Å². The zero-order valence-electron chi connectivity index (χ0n) is 17.5. The third kappa shape index (κ3) is 4.02. The summed E-state index contributed by atoms with van der Waals surface area (Å²) in [6.07, 6.45) is -0.351. The Hall–Kier alpha value is -3.32. The van der Waals surface area contributed by atoms with E-state index in [1.807, 2.05) is 38.1 Å². The number of fused-ring (bicyclic) bond motifs is 1. The number of carbonyl (C=O) groups is 1. The van der Waals surface area contributed by atoms with Gasteiger partial charge in [-0.15, -0.1) is 0 Å². The summed E-state index contributed by atoms with van der Waals surface area (Å²) in [6, 6.07) is 10.6. The summed E-state index contributed by atoms with van der Waals surface area (Å²) in [6.45, 7) is 6.00. The molecule has 1 aromatic heterocycles. The summed E-state index contributed by atoms with van der Waals surface area (Å²) in [5.74, 6) is 1.08. The molecular formula is C23H26N2O5. The van der Waals surface area contributed by atoms with Crippen LogP contribution in [-0.4, -0.2) is 35.0 Å². The molecule has 3 N–H and O–H groups in total. The number of aliphatic hydroxyl groups excluding tert-OH is 1. The van der Waals surface area contributed by atoms with Crippen molar-refractivity contribution in [2.45, 2.75) is 32.9 Å². The van der Waals surface area contributed by atoms with Crippen molar-refractivity contribution in [1.29, 1.82) is 0 Å². The van der Waals surface area contributed by atoms with Crippen LogP contribution in [-0.2, 0) is 0 Å². The fourth-order valence-electron chi connectivity index (χ4n) is 3.76. The molecule has 158 valence electrons. The lowest BCUT2D eigenvalue weighted by atomic mass is 9.91. The topological polar surface area (TPSA) is 101 Å². The Morgan fingerprint density at radius 1 is 1.13 bits per heavy atom. The van der Waals surface area contributed by atoms with Crippen LogP contribution in [0.5, 0.6) is 11.6 Å². The first-order chi connectivity index (χ1) is 14.4. The Morgan fingerprint density at radius 2 is 1.87 bits per heavy atom. The number of nitrogens with zero attached hydrogens (tertiary/aromatic N) is 1. The normalized spacial score (nSPS) is 13.0. The quantitative estimate of drug-likeness (QED) is 0.535. The van der Waals surface area contributed by atoms with Gasteiger partial charge in [0.05, 0.1) is 19.8 Å². The number of aromatic nitrogens is 1. The van der Waals surface area contributed by atoms with Crippen LogP contribution >= 0.6 is 0 Å². The van der Waals surface area contributed by atoms with Crippen LogP contribution in [0.4, 0.5) is 4.79 Å². The van der Waals surface area contributed by atoms with Crippen LogP contribution in [0.25, 0.3) is 10.8 Å². The molecule has 0 fully saturated rings. The average Bonchev–Trinajstić information content (AvgIpc) is 2.72. The van der Waals surface area contributed by atoms with E-state index in [0.29, 0.717) is 29.4 Å². The van der Waals surface area contributed by atoms with Crippen molar-refractivity contribution in [3.63, 3.8) is 0 Å². The van der Waals surface area contributed by atoms with Crippen molar-refractivity contribution in [3.05, 3.63) is 64.8 Å². The highest BCUT2D eigenvalue weighted by molar-refractivity contribution is 5.90. The first kappa shape index (κ1) is 21.4. The zero-order chi connectivity index (χ0) is 21.8. The third-order valence-corrected chi connectivity index (χ3v) is 5.16. The van der Waals surface area contributed by atoms with E-state index in [2.05, 4.69) is 10.3 Å². The summed E-state index contributed by atoms with van der Waals surface area (Å²) in [4.78, 5) is 15.3. The van der Waals surface area contributed by atoms with Crippen molar-refractivity contribution in [2.75, 3.05) is 13.7 Å². The Morgan fingerprint density at radius 3 is 2.53 bits per heavy atom. The summed E-state index contributed by atoms with van der Waals surface area (Å²) in [5, 5.41) is 24.4. The molecule has 2 aromatic carbocycles. The number of amides is 1. The van der Waals surface area contributed by atoms with Gasteiger partial charge < -0.3 is 25.0 Å². The largest absolute Gasteiger partial charge is 0.496 e. The van der Waals surface area contributed by atoms with Gasteiger partial charge in [0.25, 0.3) is 0 Å². The van der Waals surface area contributed by atoms with Gasteiger partial charge >= 0.3 is 6.09 Å². The van der Waals surface area contributed by atoms with Gasteiger partial charge in [0.2, 0.25) is 5.88 Å². The highest BCUT2D eigenvalue weighted by Crippen LogP contribution is 2.38. The van der Waals surface area contributed by atoms with Gasteiger partial charge in [-0.05, 0) is 55.0 Å². The molecule has 0 radical (unpaired) electrons. The number of ether oxygens (including phenoxy) is 2. The second-order valence-corrected chi connectivity index (χ2v) is 6.97. The third-order valence-electron chi connectivity index (χ3n) is 5.16. The molecule has 3 aromatic rings. The molecule has 0 aliphatic rings. The molecule has 0 aliphatic carbocycles. The molecule has 0 saturated heterocycles. The molecule has 1 heterocycles. The molecule has 1 amide bonds. The maximum atomic E-state index is 11.3. The molecule has 0 bridgehead atoms. The van der Waals surface area contributed by atoms with Crippen molar-refractivity contribution >= 4 is 16.9 Å². The number of pyridine rings is 1. The Kier molecular flexibility index (Phi) is 6.42. The number of aliphatic hydroxyl groups is 1. The van der Waals surface area contributed by atoms with Gasteiger partial charge in [-0.1, -0.05) is 24.3 Å². The van der Waals surface area contributed by atoms with Crippen LogP contribution < -0.4 is 14.8 Å². The molecule has 30 heavy (non-hydrogen) atoms. The fourth-order valence-corrected chi connectivity index (χ4v) is 3.76. The van der Waals surface area contributed by atoms with Gasteiger partial charge in [0.15, 0.2) is 0 Å². The summed E-state index contributed by atoms with van der Waals surface area (Å²) >= 11 is 0. The molecule has 2 unspecified atom stereocenters. The molecular weight excluding hydrogens is 384 g/mol. The average molecular weight is 410 g/mol. The van der Waals surface area contributed by atoms with Crippen molar-refractivity contribution in [2.24, 2.45) is 0 Å².